The third-order valence-electron chi connectivity index (χ3n) is 7.04. The second kappa shape index (κ2) is 11.9. The number of rotatable bonds is 9. The van der Waals surface area contributed by atoms with Gasteiger partial charge in [0.1, 0.15) is 17.1 Å². The zero-order valence-corrected chi connectivity index (χ0v) is 23.0. The number of nitrogens with two attached hydrogens (primary N) is 1. The number of anilines is 4. The number of piperidine rings is 1. The number of carbonyl (C=O) groups excluding carboxylic acids is 2. The van der Waals surface area contributed by atoms with Crippen LogP contribution in [0.15, 0.2) is 73.7 Å². The molecule has 3 heterocycles. The fourth-order valence-electron chi connectivity index (χ4n) is 4.94. The molecule has 210 valence electrons. The van der Waals surface area contributed by atoms with Gasteiger partial charge in [-0.25, -0.2) is 4.98 Å². The quantitative estimate of drug-likeness (QED) is 0.256. The number of methoxy groups -OCH3 is 1. The van der Waals surface area contributed by atoms with Crippen molar-refractivity contribution in [2.75, 3.05) is 30.8 Å². The molecule has 2 amide bonds. The molecule has 1 saturated heterocycles. The number of nitrogens with zero attached hydrogens (tertiary/aromatic N) is 5. The maximum atomic E-state index is 12.2. The Morgan fingerprint density at radius 1 is 1.15 bits per heavy atom. The van der Waals surface area contributed by atoms with Crippen molar-refractivity contribution in [3.05, 3.63) is 84.8 Å². The van der Waals surface area contributed by atoms with E-state index in [4.69, 9.17) is 10.5 Å². The summed E-state index contributed by atoms with van der Waals surface area (Å²) in [6, 6.07) is 14.0. The van der Waals surface area contributed by atoms with E-state index in [0.29, 0.717) is 30.2 Å². The highest BCUT2D eigenvalue weighted by Crippen LogP contribution is 2.36. The van der Waals surface area contributed by atoms with Crippen molar-refractivity contribution in [2.45, 2.75) is 25.8 Å². The van der Waals surface area contributed by atoms with E-state index in [9.17, 15) is 9.59 Å². The van der Waals surface area contributed by atoms with Crippen LogP contribution in [0.2, 0.25) is 0 Å². The maximum absolute atomic E-state index is 12.2. The number of hydrogen-bond acceptors (Lipinski definition) is 8. The van der Waals surface area contributed by atoms with E-state index in [-0.39, 0.29) is 29.3 Å². The Bertz CT molecular complexity index is 1580. The molecule has 5 rings (SSSR count). The molecule has 0 aliphatic carbocycles. The number of amides is 2. The largest absolute Gasteiger partial charge is 0.495 e. The summed E-state index contributed by atoms with van der Waals surface area (Å²) in [4.78, 5) is 34.9. The minimum Gasteiger partial charge on any atom is -0.495 e. The lowest BCUT2D eigenvalue weighted by molar-refractivity contribution is -0.127. The van der Waals surface area contributed by atoms with Crippen molar-refractivity contribution in [3.63, 3.8) is 0 Å². The Kier molecular flexibility index (Phi) is 7.95. The fraction of sp³-hybridized carbons (Fsp3) is 0.233. The van der Waals surface area contributed by atoms with E-state index >= 15 is 0 Å². The van der Waals surface area contributed by atoms with Crippen LogP contribution in [0.3, 0.4) is 0 Å². The molecule has 41 heavy (non-hydrogen) atoms. The number of aryl methyl sites for hydroxylation is 1. The molecule has 0 bridgehead atoms. The molecule has 2 aromatic heterocycles. The molecule has 1 atom stereocenters. The van der Waals surface area contributed by atoms with Crippen LogP contribution in [-0.4, -0.2) is 56.7 Å². The minimum absolute atomic E-state index is 0.0490. The monoisotopic (exact) mass is 552 g/mol. The van der Waals surface area contributed by atoms with E-state index in [2.05, 4.69) is 32.3 Å². The molecule has 1 fully saturated rings. The third kappa shape index (κ3) is 6.03. The molecule has 4 aromatic rings. The molecule has 2 aromatic carbocycles. The SMILES string of the molecule is C=CC(=O)N1CCC[C@H](n2cc(Nc3ncc(C(N)=O)c(Nc4c(C)cc(-c5ccccc5)cc4OC)n3)cn2)C1. The molecule has 0 saturated carbocycles. The van der Waals surface area contributed by atoms with Gasteiger partial charge in [-0.15, -0.1) is 0 Å². The van der Waals surface area contributed by atoms with Crippen LogP contribution in [0.1, 0.15) is 34.8 Å². The van der Waals surface area contributed by atoms with Gasteiger partial charge < -0.3 is 26.0 Å². The lowest BCUT2D eigenvalue weighted by Crippen LogP contribution is -2.39. The number of likely N-dealkylation sites (tertiary alicyclic amines) is 1. The summed E-state index contributed by atoms with van der Waals surface area (Å²) in [6.07, 6.45) is 8.03. The molecule has 1 aliphatic heterocycles. The van der Waals surface area contributed by atoms with Gasteiger partial charge in [0.25, 0.3) is 5.91 Å². The summed E-state index contributed by atoms with van der Waals surface area (Å²) >= 11 is 0. The first-order valence-electron chi connectivity index (χ1n) is 13.3. The fourth-order valence-corrected chi connectivity index (χ4v) is 4.94. The minimum atomic E-state index is -0.666. The standard InChI is InChI=1S/C30H32N8O3/c1-4-26(39)37-12-8-11-23(18-37)38-17-22(15-33-38)34-30-32-16-24(28(31)40)29(36-30)35-27-19(2)13-21(14-25(27)41-3)20-9-6-5-7-10-20/h4-7,9-10,13-17,23H,1,8,11-12,18H2,2-3H3,(H2,31,40)(H2,32,34,35,36)/t23-/m0/s1. The van der Waals surface area contributed by atoms with Crippen LogP contribution < -0.4 is 21.1 Å². The third-order valence-corrected chi connectivity index (χ3v) is 7.04. The maximum Gasteiger partial charge on any atom is 0.254 e. The zero-order valence-electron chi connectivity index (χ0n) is 23.0. The average molecular weight is 553 g/mol. The molecular formula is C30H32N8O3. The Balaban J connectivity index is 1.39. The van der Waals surface area contributed by atoms with E-state index in [1.165, 1.54) is 12.3 Å². The summed E-state index contributed by atoms with van der Waals surface area (Å²) in [6.45, 7) is 6.81. The van der Waals surface area contributed by atoms with Gasteiger partial charge in [0.2, 0.25) is 11.9 Å². The van der Waals surface area contributed by atoms with E-state index in [1.54, 1.807) is 18.2 Å². The molecule has 0 radical (unpaired) electrons. The Hall–Kier alpha value is -5.19. The highest BCUT2D eigenvalue weighted by Gasteiger charge is 2.24. The zero-order chi connectivity index (χ0) is 28.9. The predicted octanol–water partition coefficient (Wildman–Crippen LogP) is 4.59. The van der Waals surface area contributed by atoms with Crippen LogP contribution in [0.25, 0.3) is 11.1 Å². The van der Waals surface area contributed by atoms with Crippen molar-refractivity contribution in [1.82, 2.24) is 24.6 Å². The smallest absolute Gasteiger partial charge is 0.254 e. The van der Waals surface area contributed by atoms with Crippen molar-refractivity contribution >= 4 is 35.0 Å². The summed E-state index contributed by atoms with van der Waals surface area (Å²) < 4.78 is 7.54. The number of ether oxygens (including phenoxy) is 1. The number of benzene rings is 2. The van der Waals surface area contributed by atoms with E-state index < -0.39 is 5.91 Å². The van der Waals surface area contributed by atoms with Crippen molar-refractivity contribution < 1.29 is 14.3 Å². The topological polar surface area (TPSA) is 140 Å². The number of carbonyl (C=O) groups is 2. The van der Waals surface area contributed by atoms with Crippen LogP contribution >= 0.6 is 0 Å². The van der Waals surface area contributed by atoms with Crippen molar-refractivity contribution in [3.8, 4) is 16.9 Å². The van der Waals surface area contributed by atoms with Gasteiger partial charge in [0.15, 0.2) is 0 Å². The van der Waals surface area contributed by atoms with Gasteiger partial charge in [0.05, 0.1) is 30.7 Å². The second-order valence-corrected chi connectivity index (χ2v) is 9.80. The van der Waals surface area contributed by atoms with E-state index in [1.807, 2.05) is 60.3 Å². The van der Waals surface area contributed by atoms with Crippen molar-refractivity contribution in [2.24, 2.45) is 5.73 Å². The van der Waals surface area contributed by atoms with Gasteiger partial charge in [-0.1, -0.05) is 36.9 Å². The van der Waals surface area contributed by atoms with Crippen LogP contribution in [0.5, 0.6) is 5.75 Å². The van der Waals surface area contributed by atoms with Gasteiger partial charge in [-0.05, 0) is 54.7 Å². The summed E-state index contributed by atoms with van der Waals surface area (Å²) in [7, 11) is 1.59. The molecule has 0 spiro atoms. The van der Waals surface area contributed by atoms with Crippen molar-refractivity contribution in [1.29, 1.82) is 0 Å². The lowest BCUT2D eigenvalue weighted by Gasteiger charge is -2.32. The predicted molar refractivity (Wildman–Crippen MR) is 158 cm³/mol. The lowest BCUT2D eigenvalue weighted by atomic mass is 10.0. The molecule has 0 unspecified atom stereocenters. The molecule has 4 N–H and O–H groups in total. The van der Waals surface area contributed by atoms with Gasteiger partial charge in [0, 0.05) is 25.5 Å². The summed E-state index contributed by atoms with van der Waals surface area (Å²) in [5, 5.41) is 10.9. The second-order valence-electron chi connectivity index (χ2n) is 9.80. The van der Waals surface area contributed by atoms with Crippen LogP contribution in [0, 0.1) is 6.92 Å². The van der Waals surface area contributed by atoms with E-state index in [0.717, 1.165) is 29.5 Å². The first-order valence-corrected chi connectivity index (χ1v) is 13.3. The normalized spacial score (nSPS) is 14.8. The Morgan fingerprint density at radius 3 is 2.68 bits per heavy atom. The number of aromatic nitrogens is 4. The van der Waals surface area contributed by atoms with Gasteiger partial charge in [-0.2, -0.15) is 10.1 Å². The first-order chi connectivity index (χ1) is 19.9. The molecule has 1 aliphatic rings. The average Bonchev–Trinajstić information content (AvgIpc) is 3.46. The Labute approximate surface area is 238 Å². The summed E-state index contributed by atoms with van der Waals surface area (Å²) in [5.74, 6) is 0.332. The number of hydrogen-bond donors (Lipinski definition) is 3. The highest BCUT2D eigenvalue weighted by atomic mass is 16.5. The number of nitrogens with one attached hydrogen (secondary N) is 2. The molecular weight excluding hydrogens is 520 g/mol. The Morgan fingerprint density at radius 2 is 1.95 bits per heavy atom. The molecule has 11 heteroatoms. The molecule has 11 nitrogen and oxygen atoms in total. The first kappa shape index (κ1) is 27.4. The summed E-state index contributed by atoms with van der Waals surface area (Å²) in [5.41, 5.74) is 10.0. The van der Waals surface area contributed by atoms with Crippen LogP contribution in [0.4, 0.5) is 23.1 Å². The van der Waals surface area contributed by atoms with Crippen LogP contribution in [-0.2, 0) is 4.79 Å². The van der Waals surface area contributed by atoms with Gasteiger partial charge >= 0.3 is 0 Å². The van der Waals surface area contributed by atoms with Gasteiger partial charge in [-0.3, -0.25) is 14.3 Å². The highest BCUT2D eigenvalue weighted by molar-refractivity contribution is 5.98. The number of primary amides is 1.